The van der Waals surface area contributed by atoms with Crippen LogP contribution in [-0.2, 0) is 4.79 Å². The highest BCUT2D eigenvalue weighted by atomic mass is 35.5. The van der Waals surface area contributed by atoms with Crippen molar-refractivity contribution in [3.05, 3.63) is 64.4 Å². The fourth-order valence-electron chi connectivity index (χ4n) is 3.39. The molecule has 1 aliphatic rings. The predicted octanol–water partition coefficient (Wildman–Crippen LogP) is 3.83. The summed E-state index contributed by atoms with van der Waals surface area (Å²) in [5.74, 6) is -0.392. The molecule has 2 aromatic rings. The predicted molar refractivity (Wildman–Crippen MR) is 103 cm³/mol. The minimum Gasteiger partial charge on any atom is -0.356 e. The van der Waals surface area contributed by atoms with Crippen LogP contribution in [0.1, 0.15) is 23.5 Å². The molecule has 0 saturated carbocycles. The van der Waals surface area contributed by atoms with Crippen molar-refractivity contribution >= 4 is 29.2 Å². The number of aryl methyl sites for hydroxylation is 1. The number of halogens is 2. The number of nitrogens with one attached hydrogen (secondary N) is 3. The molecule has 2 atom stereocenters. The van der Waals surface area contributed by atoms with E-state index in [0.29, 0.717) is 30.2 Å². The SMILES string of the molecule is Cc1cc(F)ccc1C1CC(=O)NCC1CNC(=O)Nc1ccc(Cl)cc1. The van der Waals surface area contributed by atoms with Gasteiger partial charge < -0.3 is 16.0 Å². The Bertz CT molecular complexity index is 842. The summed E-state index contributed by atoms with van der Waals surface area (Å²) in [6, 6.07) is 11.1. The minimum absolute atomic E-state index is 0.0165. The van der Waals surface area contributed by atoms with Crippen LogP contribution in [0.4, 0.5) is 14.9 Å². The van der Waals surface area contributed by atoms with Crippen LogP contribution >= 0.6 is 11.6 Å². The number of carbonyl (C=O) groups is 2. The lowest BCUT2D eigenvalue weighted by atomic mass is 9.79. The Morgan fingerprint density at radius 3 is 2.70 bits per heavy atom. The van der Waals surface area contributed by atoms with Gasteiger partial charge in [0.2, 0.25) is 5.91 Å². The molecule has 1 fully saturated rings. The molecular formula is C20H21ClFN3O2. The number of urea groups is 1. The summed E-state index contributed by atoms with van der Waals surface area (Å²) in [5, 5.41) is 9.03. The smallest absolute Gasteiger partial charge is 0.319 e. The van der Waals surface area contributed by atoms with Crippen molar-refractivity contribution in [2.45, 2.75) is 19.3 Å². The van der Waals surface area contributed by atoms with Crippen molar-refractivity contribution in [2.75, 3.05) is 18.4 Å². The van der Waals surface area contributed by atoms with E-state index in [0.717, 1.165) is 11.1 Å². The molecule has 7 heteroatoms. The minimum atomic E-state index is -0.330. The van der Waals surface area contributed by atoms with Gasteiger partial charge in [-0.2, -0.15) is 0 Å². The number of carbonyl (C=O) groups excluding carboxylic acids is 2. The quantitative estimate of drug-likeness (QED) is 0.743. The van der Waals surface area contributed by atoms with Crippen molar-refractivity contribution in [1.82, 2.24) is 10.6 Å². The van der Waals surface area contributed by atoms with Gasteiger partial charge >= 0.3 is 6.03 Å². The van der Waals surface area contributed by atoms with Gasteiger partial charge in [0.1, 0.15) is 5.82 Å². The third-order valence-electron chi connectivity index (χ3n) is 4.79. The van der Waals surface area contributed by atoms with Gasteiger partial charge in [0.25, 0.3) is 0 Å². The van der Waals surface area contributed by atoms with E-state index in [1.807, 2.05) is 6.92 Å². The maximum atomic E-state index is 13.4. The Kier molecular flexibility index (Phi) is 5.96. The molecule has 5 nitrogen and oxygen atoms in total. The number of hydrogen-bond donors (Lipinski definition) is 3. The van der Waals surface area contributed by atoms with E-state index >= 15 is 0 Å². The van der Waals surface area contributed by atoms with Crippen LogP contribution in [0.15, 0.2) is 42.5 Å². The Balaban J connectivity index is 1.65. The first-order chi connectivity index (χ1) is 12.9. The molecule has 0 radical (unpaired) electrons. The van der Waals surface area contributed by atoms with Crippen LogP contribution in [-0.4, -0.2) is 25.0 Å². The number of piperidine rings is 1. The monoisotopic (exact) mass is 389 g/mol. The van der Waals surface area contributed by atoms with E-state index in [1.165, 1.54) is 12.1 Å². The Hall–Kier alpha value is -2.60. The molecule has 0 bridgehead atoms. The van der Waals surface area contributed by atoms with E-state index in [9.17, 15) is 14.0 Å². The van der Waals surface area contributed by atoms with Crippen LogP contribution in [0.3, 0.4) is 0 Å². The van der Waals surface area contributed by atoms with Crippen LogP contribution in [0.2, 0.25) is 5.02 Å². The zero-order valence-corrected chi connectivity index (χ0v) is 15.6. The van der Waals surface area contributed by atoms with Gasteiger partial charge in [-0.3, -0.25) is 4.79 Å². The van der Waals surface area contributed by atoms with Crippen molar-refractivity contribution in [1.29, 1.82) is 0 Å². The zero-order chi connectivity index (χ0) is 19.4. The van der Waals surface area contributed by atoms with Crippen LogP contribution in [0.25, 0.3) is 0 Å². The highest BCUT2D eigenvalue weighted by Crippen LogP contribution is 2.32. The molecule has 3 N–H and O–H groups in total. The molecule has 0 spiro atoms. The molecule has 0 aromatic heterocycles. The molecular weight excluding hydrogens is 369 g/mol. The summed E-state index contributed by atoms with van der Waals surface area (Å²) in [6.07, 6.45) is 0.317. The standard InChI is InChI=1S/C20H21ClFN3O2/c1-12-8-15(22)4-7-17(12)18-9-19(26)23-10-13(18)11-24-20(27)25-16-5-2-14(21)3-6-16/h2-8,13,18H,9-11H2,1H3,(H,23,26)(H2,24,25,27). The van der Waals surface area contributed by atoms with Crippen LogP contribution in [0, 0.1) is 18.7 Å². The number of benzene rings is 2. The van der Waals surface area contributed by atoms with Gasteiger partial charge in [-0.1, -0.05) is 17.7 Å². The van der Waals surface area contributed by atoms with Gasteiger partial charge in [-0.05, 0) is 60.4 Å². The maximum Gasteiger partial charge on any atom is 0.319 e. The van der Waals surface area contributed by atoms with E-state index in [1.54, 1.807) is 30.3 Å². The van der Waals surface area contributed by atoms with Crippen molar-refractivity contribution in [3.8, 4) is 0 Å². The van der Waals surface area contributed by atoms with Crippen LogP contribution < -0.4 is 16.0 Å². The van der Waals surface area contributed by atoms with E-state index in [-0.39, 0.29) is 29.6 Å². The van der Waals surface area contributed by atoms with Gasteiger partial charge in [0, 0.05) is 36.1 Å². The normalized spacial score (nSPS) is 19.3. The number of amides is 3. The fraction of sp³-hybridized carbons (Fsp3) is 0.300. The van der Waals surface area contributed by atoms with E-state index in [2.05, 4.69) is 16.0 Å². The topological polar surface area (TPSA) is 70.2 Å². The van der Waals surface area contributed by atoms with E-state index < -0.39 is 0 Å². The van der Waals surface area contributed by atoms with Gasteiger partial charge in [0.15, 0.2) is 0 Å². The average molecular weight is 390 g/mol. The maximum absolute atomic E-state index is 13.4. The molecule has 0 aliphatic carbocycles. The molecule has 2 unspecified atom stereocenters. The number of anilines is 1. The first-order valence-electron chi connectivity index (χ1n) is 8.75. The Morgan fingerprint density at radius 2 is 2.00 bits per heavy atom. The molecule has 1 heterocycles. The Labute approximate surface area is 162 Å². The third kappa shape index (κ3) is 4.98. The summed E-state index contributed by atoms with van der Waals surface area (Å²) in [4.78, 5) is 24.0. The highest BCUT2D eigenvalue weighted by molar-refractivity contribution is 6.30. The first-order valence-corrected chi connectivity index (χ1v) is 9.13. The molecule has 1 saturated heterocycles. The summed E-state index contributed by atoms with van der Waals surface area (Å²) in [7, 11) is 0. The summed E-state index contributed by atoms with van der Waals surface area (Å²) in [6.45, 7) is 2.69. The van der Waals surface area contributed by atoms with Gasteiger partial charge in [-0.15, -0.1) is 0 Å². The van der Waals surface area contributed by atoms with Gasteiger partial charge in [-0.25, -0.2) is 9.18 Å². The molecule has 142 valence electrons. The molecule has 3 amide bonds. The molecule has 1 aliphatic heterocycles. The second-order valence-electron chi connectivity index (χ2n) is 6.72. The van der Waals surface area contributed by atoms with Crippen LogP contribution in [0.5, 0.6) is 0 Å². The molecule has 3 rings (SSSR count). The summed E-state index contributed by atoms with van der Waals surface area (Å²) < 4.78 is 13.4. The summed E-state index contributed by atoms with van der Waals surface area (Å²) >= 11 is 5.83. The number of rotatable bonds is 4. The molecule has 2 aromatic carbocycles. The summed E-state index contributed by atoms with van der Waals surface area (Å²) in [5.41, 5.74) is 2.39. The first kappa shape index (κ1) is 19.2. The van der Waals surface area contributed by atoms with Crippen molar-refractivity contribution < 1.29 is 14.0 Å². The lowest BCUT2D eigenvalue weighted by Gasteiger charge is -2.33. The third-order valence-corrected chi connectivity index (χ3v) is 5.05. The second-order valence-corrected chi connectivity index (χ2v) is 7.15. The van der Waals surface area contributed by atoms with Gasteiger partial charge in [0.05, 0.1) is 0 Å². The lowest BCUT2D eigenvalue weighted by Crippen LogP contribution is -2.45. The largest absolute Gasteiger partial charge is 0.356 e. The number of hydrogen-bond acceptors (Lipinski definition) is 2. The highest BCUT2D eigenvalue weighted by Gasteiger charge is 2.31. The average Bonchev–Trinajstić information content (AvgIpc) is 2.63. The fourth-order valence-corrected chi connectivity index (χ4v) is 3.52. The second kappa shape index (κ2) is 8.39. The zero-order valence-electron chi connectivity index (χ0n) is 14.9. The van der Waals surface area contributed by atoms with Crippen molar-refractivity contribution in [2.24, 2.45) is 5.92 Å². The molecule has 27 heavy (non-hydrogen) atoms. The van der Waals surface area contributed by atoms with Crippen molar-refractivity contribution in [3.63, 3.8) is 0 Å². The lowest BCUT2D eigenvalue weighted by molar-refractivity contribution is -0.123. The Morgan fingerprint density at radius 1 is 1.26 bits per heavy atom. The van der Waals surface area contributed by atoms with E-state index in [4.69, 9.17) is 11.6 Å².